The van der Waals surface area contributed by atoms with Crippen molar-refractivity contribution in [1.82, 2.24) is 14.7 Å². The second kappa shape index (κ2) is 7.17. The summed E-state index contributed by atoms with van der Waals surface area (Å²) in [6.45, 7) is 5.08. The Morgan fingerprint density at radius 3 is 2.75 bits per heavy atom. The lowest BCUT2D eigenvalue weighted by atomic mass is 10.0. The molecule has 1 aromatic carbocycles. The van der Waals surface area contributed by atoms with Crippen LogP contribution in [-0.2, 0) is 11.3 Å². The van der Waals surface area contributed by atoms with Crippen LogP contribution in [0.25, 0.3) is 0 Å². The predicted molar refractivity (Wildman–Crippen MR) is 92.4 cm³/mol. The zero-order valence-corrected chi connectivity index (χ0v) is 14.7. The van der Waals surface area contributed by atoms with Crippen molar-refractivity contribution in [3.05, 3.63) is 44.5 Å². The van der Waals surface area contributed by atoms with Crippen LogP contribution in [0.5, 0.6) is 5.75 Å². The monoisotopic (exact) mass is 347 g/mol. The number of rotatable bonds is 5. The summed E-state index contributed by atoms with van der Waals surface area (Å²) in [5, 5.41) is 4.79. The van der Waals surface area contributed by atoms with E-state index in [0.717, 1.165) is 35.5 Å². The number of benzene rings is 1. The first-order valence-electron chi connectivity index (χ1n) is 8.15. The molecule has 0 unspecified atom stereocenters. The van der Waals surface area contributed by atoms with Crippen LogP contribution in [0.1, 0.15) is 36.4 Å². The topological polar surface area (TPSA) is 64.4 Å². The van der Waals surface area contributed by atoms with Gasteiger partial charge in [-0.3, -0.25) is 9.59 Å². The summed E-state index contributed by atoms with van der Waals surface area (Å²) in [4.78, 5) is 26.1. The summed E-state index contributed by atoms with van der Waals surface area (Å²) in [6.07, 6.45) is 1.90. The minimum atomic E-state index is -0.183. The Bertz CT molecular complexity index is 766. The van der Waals surface area contributed by atoms with Gasteiger partial charge in [0.25, 0.3) is 0 Å². The number of carbonyl (C=O) groups is 1. The van der Waals surface area contributed by atoms with Crippen molar-refractivity contribution in [2.24, 2.45) is 0 Å². The Balaban J connectivity index is 1.73. The molecule has 2 aromatic rings. The fourth-order valence-electron chi connectivity index (χ4n) is 3.09. The van der Waals surface area contributed by atoms with Crippen LogP contribution in [0.3, 0.4) is 0 Å². The van der Waals surface area contributed by atoms with Crippen LogP contribution in [0.15, 0.2) is 29.1 Å². The normalized spacial score (nSPS) is 17.2. The summed E-state index contributed by atoms with van der Waals surface area (Å²) < 4.78 is 6.73. The zero-order chi connectivity index (χ0) is 17.1. The van der Waals surface area contributed by atoms with Crippen molar-refractivity contribution >= 4 is 17.2 Å². The number of nitrogens with zero attached hydrogens (tertiary/aromatic N) is 3. The van der Waals surface area contributed by atoms with Gasteiger partial charge in [0.2, 0.25) is 5.91 Å². The van der Waals surface area contributed by atoms with Crippen molar-refractivity contribution in [3.8, 4) is 5.75 Å². The highest BCUT2D eigenvalue weighted by Gasteiger charge is 2.30. The molecule has 24 heavy (non-hydrogen) atoms. The standard InChI is InChI=1S/C17H21N3O3S/c1-3-23-14-8-6-13(7-9-14)15-5-4-10-19(15)16(21)11-20-17(22)24-12(2)18-20/h6-9,15H,3-5,10-11H2,1-2H3/t15-/m0/s1. The van der Waals surface area contributed by atoms with Crippen molar-refractivity contribution in [2.45, 2.75) is 39.3 Å². The van der Waals surface area contributed by atoms with Gasteiger partial charge in [-0.15, -0.1) is 0 Å². The minimum absolute atomic E-state index is 0.0106. The lowest BCUT2D eigenvalue weighted by Crippen LogP contribution is -2.35. The average Bonchev–Trinajstić information content (AvgIpc) is 3.15. The van der Waals surface area contributed by atoms with Gasteiger partial charge in [-0.1, -0.05) is 23.5 Å². The number of hydrogen-bond acceptors (Lipinski definition) is 5. The highest BCUT2D eigenvalue weighted by molar-refractivity contribution is 7.08. The largest absolute Gasteiger partial charge is 0.494 e. The summed E-state index contributed by atoms with van der Waals surface area (Å²) in [7, 11) is 0. The molecular formula is C17H21N3O3S. The van der Waals surface area contributed by atoms with E-state index in [1.807, 2.05) is 36.1 Å². The Hall–Kier alpha value is -2.15. The molecule has 1 atom stereocenters. The highest BCUT2D eigenvalue weighted by atomic mass is 32.1. The van der Waals surface area contributed by atoms with Gasteiger partial charge in [-0.2, -0.15) is 5.10 Å². The lowest BCUT2D eigenvalue weighted by Gasteiger charge is -2.25. The van der Waals surface area contributed by atoms with E-state index in [4.69, 9.17) is 4.74 Å². The summed E-state index contributed by atoms with van der Waals surface area (Å²) in [5.74, 6) is 0.778. The molecule has 1 aromatic heterocycles. The van der Waals surface area contributed by atoms with Gasteiger partial charge >= 0.3 is 4.87 Å². The van der Waals surface area contributed by atoms with Crippen molar-refractivity contribution in [1.29, 1.82) is 0 Å². The second-order valence-corrected chi connectivity index (χ2v) is 6.94. The van der Waals surface area contributed by atoms with E-state index in [9.17, 15) is 9.59 Å². The molecule has 0 radical (unpaired) electrons. The van der Waals surface area contributed by atoms with Crippen molar-refractivity contribution in [3.63, 3.8) is 0 Å². The number of amides is 1. The van der Waals surface area contributed by atoms with Crippen LogP contribution in [-0.4, -0.2) is 33.7 Å². The van der Waals surface area contributed by atoms with E-state index >= 15 is 0 Å². The van der Waals surface area contributed by atoms with E-state index < -0.39 is 0 Å². The first kappa shape index (κ1) is 16.7. The molecule has 1 amide bonds. The molecule has 0 aliphatic carbocycles. The molecule has 0 bridgehead atoms. The van der Waals surface area contributed by atoms with Crippen LogP contribution >= 0.6 is 11.3 Å². The Morgan fingerprint density at radius 2 is 2.12 bits per heavy atom. The smallest absolute Gasteiger partial charge is 0.325 e. The Morgan fingerprint density at radius 1 is 1.38 bits per heavy atom. The predicted octanol–water partition coefficient (Wildman–Crippen LogP) is 2.38. The van der Waals surface area contributed by atoms with Crippen LogP contribution in [0, 0.1) is 6.92 Å². The summed E-state index contributed by atoms with van der Waals surface area (Å²) >= 11 is 1.07. The highest BCUT2D eigenvalue weighted by Crippen LogP contribution is 2.32. The van der Waals surface area contributed by atoms with Gasteiger partial charge in [0.05, 0.1) is 12.6 Å². The molecule has 0 spiro atoms. The van der Waals surface area contributed by atoms with Gasteiger partial charge in [0.15, 0.2) is 0 Å². The number of hydrogen-bond donors (Lipinski definition) is 0. The van der Waals surface area contributed by atoms with E-state index in [1.165, 1.54) is 4.68 Å². The molecule has 1 aliphatic rings. The van der Waals surface area contributed by atoms with E-state index in [0.29, 0.717) is 18.2 Å². The van der Waals surface area contributed by atoms with Gasteiger partial charge < -0.3 is 9.64 Å². The molecule has 128 valence electrons. The van der Waals surface area contributed by atoms with E-state index in [-0.39, 0.29) is 23.4 Å². The molecule has 3 rings (SSSR count). The Labute approximate surface area is 144 Å². The third-order valence-electron chi connectivity index (χ3n) is 4.14. The maximum Gasteiger partial charge on any atom is 0.325 e. The van der Waals surface area contributed by atoms with Crippen LogP contribution in [0.4, 0.5) is 0 Å². The molecule has 2 heterocycles. The van der Waals surface area contributed by atoms with E-state index in [2.05, 4.69) is 5.10 Å². The van der Waals surface area contributed by atoms with Crippen molar-refractivity contribution in [2.75, 3.05) is 13.2 Å². The third kappa shape index (κ3) is 3.51. The fourth-order valence-corrected chi connectivity index (χ4v) is 3.70. The van der Waals surface area contributed by atoms with Gasteiger partial charge in [0, 0.05) is 6.54 Å². The van der Waals surface area contributed by atoms with Crippen LogP contribution in [0.2, 0.25) is 0 Å². The van der Waals surface area contributed by atoms with Crippen LogP contribution < -0.4 is 9.61 Å². The number of carbonyl (C=O) groups excluding carboxylic acids is 1. The summed E-state index contributed by atoms with van der Waals surface area (Å²) in [5.41, 5.74) is 1.10. The molecule has 0 N–H and O–H groups in total. The van der Waals surface area contributed by atoms with Gasteiger partial charge in [0.1, 0.15) is 17.3 Å². The molecule has 1 aliphatic heterocycles. The first-order chi connectivity index (χ1) is 11.6. The minimum Gasteiger partial charge on any atom is -0.494 e. The quantitative estimate of drug-likeness (QED) is 0.833. The molecule has 6 nitrogen and oxygen atoms in total. The SMILES string of the molecule is CCOc1ccc([C@@H]2CCCN2C(=O)Cn2nc(C)sc2=O)cc1. The molecule has 1 saturated heterocycles. The fraction of sp³-hybridized carbons (Fsp3) is 0.471. The Kier molecular flexibility index (Phi) is 4.99. The van der Waals surface area contributed by atoms with Gasteiger partial charge in [-0.25, -0.2) is 4.68 Å². The molecule has 7 heteroatoms. The maximum absolute atomic E-state index is 12.6. The third-order valence-corrected chi connectivity index (χ3v) is 4.90. The van der Waals surface area contributed by atoms with Crippen molar-refractivity contribution < 1.29 is 9.53 Å². The van der Waals surface area contributed by atoms with Gasteiger partial charge in [-0.05, 0) is 44.4 Å². The first-order valence-corrected chi connectivity index (χ1v) is 8.97. The number of likely N-dealkylation sites (tertiary alicyclic amines) is 1. The number of aromatic nitrogens is 2. The number of aryl methyl sites for hydroxylation is 1. The number of ether oxygens (including phenoxy) is 1. The molecule has 1 fully saturated rings. The average molecular weight is 347 g/mol. The maximum atomic E-state index is 12.6. The van der Waals surface area contributed by atoms with E-state index in [1.54, 1.807) is 6.92 Å². The summed E-state index contributed by atoms with van der Waals surface area (Å²) in [6, 6.07) is 7.96. The second-order valence-electron chi connectivity index (χ2n) is 5.79. The molecular weight excluding hydrogens is 326 g/mol. The zero-order valence-electron chi connectivity index (χ0n) is 13.9. The lowest BCUT2D eigenvalue weighted by molar-refractivity contribution is -0.133. The molecule has 0 saturated carbocycles.